The number of ether oxygens (including phenoxy) is 1. The number of hydrogen-bond acceptors (Lipinski definition) is 4. The van der Waals surface area contributed by atoms with Crippen molar-refractivity contribution in [1.82, 2.24) is 5.32 Å². The first-order valence-corrected chi connectivity index (χ1v) is 11.0. The minimum absolute atomic E-state index is 0.176. The average molecular weight is 362 g/mol. The van der Waals surface area contributed by atoms with E-state index >= 15 is 0 Å². The second kappa shape index (κ2) is 7.28. The number of hydrogen-bond donors (Lipinski definition) is 1. The molecule has 0 radical (unpaired) electrons. The lowest BCUT2D eigenvalue weighted by Crippen LogP contribution is -2.46. The predicted octanol–water partition coefficient (Wildman–Crippen LogP) is 5.35. The van der Waals surface area contributed by atoms with Crippen LogP contribution in [0.5, 0.6) is 0 Å². The van der Waals surface area contributed by atoms with E-state index in [1.807, 2.05) is 11.3 Å². The Morgan fingerprint density at radius 3 is 2.79 bits per heavy atom. The normalized spacial score (nSPS) is 26.2. The second-order valence-electron chi connectivity index (χ2n) is 7.48. The first-order chi connectivity index (χ1) is 11.8. The van der Waals surface area contributed by atoms with Crippen LogP contribution in [0.3, 0.4) is 0 Å². The number of nitrogens with one attached hydrogen (secondary N) is 1. The van der Waals surface area contributed by atoms with Gasteiger partial charge in [-0.25, -0.2) is 0 Å². The van der Waals surface area contributed by atoms with Gasteiger partial charge in [0.15, 0.2) is 0 Å². The van der Waals surface area contributed by atoms with Gasteiger partial charge in [0.1, 0.15) is 0 Å². The van der Waals surface area contributed by atoms with Crippen LogP contribution < -0.4 is 5.32 Å². The van der Waals surface area contributed by atoms with Crippen LogP contribution in [-0.4, -0.2) is 18.8 Å². The molecule has 3 heterocycles. The van der Waals surface area contributed by atoms with Crippen LogP contribution >= 0.6 is 22.7 Å². The molecule has 1 saturated heterocycles. The van der Waals surface area contributed by atoms with E-state index in [9.17, 15) is 0 Å². The maximum atomic E-state index is 6.33. The molecule has 24 heavy (non-hydrogen) atoms. The van der Waals surface area contributed by atoms with Gasteiger partial charge >= 0.3 is 0 Å². The largest absolute Gasteiger partial charge is 0.375 e. The van der Waals surface area contributed by atoms with Crippen LogP contribution in [0, 0.1) is 0 Å². The third-order valence-electron chi connectivity index (χ3n) is 5.90. The third kappa shape index (κ3) is 3.48. The Hall–Kier alpha value is -0.680. The molecule has 1 atom stereocenters. The van der Waals surface area contributed by atoms with E-state index in [1.54, 1.807) is 16.2 Å². The van der Waals surface area contributed by atoms with E-state index in [2.05, 4.69) is 39.7 Å². The molecule has 2 aliphatic rings. The molecule has 1 aliphatic carbocycles. The van der Waals surface area contributed by atoms with Crippen LogP contribution in [0.2, 0.25) is 0 Å². The highest BCUT2D eigenvalue weighted by atomic mass is 32.1. The Morgan fingerprint density at radius 2 is 2.04 bits per heavy atom. The van der Waals surface area contributed by atoms with Gasteiger partial charge in [-0.3, -0.25) is 0 Å². The smallest absolute Gasteiger partial charge is 0.0691 e. The van der Waals surface area contributed by atoms with Gasteiger partial charge in [-0.2, -0.15) is 11.3 Å². The van der Waals surface area contributed by atoms with Crippen molar-refractivity contribution >= 4 is 22.7 Å². The first kappa shape index (κ1) is 16.8. The summed E-state index contributed by atoms with van der Waals surface area (Å²) in [6.45, 7) is 3.01. The van der Waals surface area contributed by atoms with Crippen LogP contribution in [-0.2, 0) is 16.7 Å². The van der Waals surface area contributed by atoms with Crippen molar-refractivity contribution < 1.29 is 4.74 Å². The standard InChI is InChI=1S/C20H27NOS2/c1-2-7-20(6-1)16-19(9-11-22-20,18-4-3-12-24-18)8-10-21-14-17-5-13-23-15-17/h3-5,12-13,15,21H,1-2,6-11,14,16H2. The van der Waals surface area contributed by atoms with Crippen molar-refractivity contribution in [3.63, 3.8) is 0 Å². The molecule has 130 valence electrons. The zero-order valence-corrected chi connectivity index (χ0v) is 15.9. The van der Waals surface area contributed by atoms with E-state index in [4.69, 9.17) is 4.74 Å². The van der Waals surface area contributed by atoms with E-state index in [1.165, 1.54) is 50.5 Å². The molecule has 4 rings (SSSR count). The highest BCUT2D eigenvalue weighted by molar-refractivity contribution is 7.10. The zero-order valence-electron chi connectivity index (χ0n) is 14.3. The van der Waals surface area contributed by atoms with Gasteiger partial charge in [0.2, 0.25) is 0 Å². The van der Waals surface area contributed by atoms with Crippen molar-refractivity contribution in [3.8, 4) is 0 Å². The summed E-state index contributed by atoms with van der Waals surface area (Å²) >= 11 is 3.73. The SMILES string of the molecule is c1csc(C2(CCNCc3ccsc3)CCOC3(CCCC3)C2)c1. The zero-order chi connectivity index (χ0) is 16.3. The summed E-state index contributed by atoms with van der Waals surface area (Å²) in [5.41, 5.74) is 1.90. The van der Waals surface area contributed by atoms with Gasteiger partial charge in [-0.1, -0.05) is 18.9 Å². The molecule has 0 amide bonds. The highest BCUT2D eigenvalue weighted by Crippen LogP contribution is 2.50. The van der Waals surface area contributed by atoms with Crippen molar-refractivity contribution in [1.29, 1.82) is 0 Å². The number of rotatable bonds is 6. The summed E-state index contributed by atoms with van der Waals surface area (Å²) in [6, 6.07) is 6.80. The van der Waals surface area contributed by atoms with Crippen LogP contribution in [0.4, 0.5) is 0 Å². The summed E-state index contributed by atoms with van der Waals surface area (Å²) in [4.78, 5) is 1.58. The van der Waals surface area contributed by atoms with E-state index in [0.29, 0.717) is 5.41 Å². The molecule has 2 aromatic heterocycles. The van der Waals surface area contributed by atoms with Gasteiger partial charge < -0.3 is 10.1 Å². The van der Waals surface area contributed by atoms with Gasteiger partial charge in [0, 0.05) is 23.4 Å². The summed E-state index contributed by atoms with van der Waals surface area (Å²) < 4.78 is 6.33. The molecule has 1 saturated carbocycles. The van der Waals surface area contributed by atoms with Crippen molar-refractivity contribution in [3.05, 3.63) is 44.8 Å². The predicted molar refractivity (Wildman–Crippen MR) is 103 cm³/mol. The molecule has 0 aromatic carbocycles. The van der Waals surface area contributed by atoms with Gasteiger partial charge in [-0.15, -0.1) is 11.3 Å². The Balaban J connectivity index is 1.45. The fourth-order valence-corrected chi connectivity index (χ4v) is 6.30. The lowest BCUT2D eigenvalue weighted by Gasteiger charge is -2.46. The highest BCUT2D eigenvalue weighted by Gasteiger charge is 2.48. The molecular weight excluding hydrogens is 334 g/mol. The summed E-state index contributed by atoms with van der Waals surface area (Å²) in [5, 5.41) is 10.3. The molecule has 1 spiro atoms. The van der Waals surface area contributed by atoms with Crippen LogP contribution in [0.15, 0.2) is 34.3 Å². The molecule has 1 unspecified atom stereocenters. The molecule has 2 fully saturated rings. The summed E-state index contributed by atoms with van der Waals surface area (Å²) in [5.74, 6) is 0. The topological polar surface area (TPSA) is 21.3 Å². The number of thiophene rings is 2. The van der Waals surface area contributed by atoms with Gasteiger partial charge in [-0.05, 0) is 72.5 Å². The fourth-order valence-electron chi connectivity index (χ4n) is 4.64. The molecule has 0 bridgehead atoms. The van der Waals surface area contributed by atoms with E-state index in [0.717, 1.165) is 19.7 Å². The van der Waals surface area contributed by atoms with E-state index < -0.39 is 0 Å². The monoisotopic (exact) mass is 361 g/mol. The maximum Gasteiger partial charge on any atom is 0.0691 e. The van der Waals surface area contributed by atoms with Crippen molar-refractivity contribution in [2.45, 2.75) is 62.5 Å². The second-order valence-corrected chi connectivity index (χ2v) is 9.21. The minimum Gasteiger partial charge on any atom is -0.375 e. The molecule has 2 aromatic rings. The summed E-state index contributed by atoms with van der Waals surface area (Å²) in [6.07, 6.45) is 8.84. The minimum atomic E-state index is 0.176. The lowest BCUT2D eigenvalue weighted by atomic mass is 9.69. The van der Waals surface area contributed by atoms with Crippen molar-refractivity contribution in [2.75, 3.05) is 13.2 Å². The Labute approximate surface area is 153 Å². The lowest BCUT2D eigenvalue weighted by molar-refractivity contribution is -0.103. The molecular formula is C20H27NOS2. The first-order valence-electron chi connectivity index (χ1n) is 9.20. The molecule has 1 aliphatic heterocycles. The van der Waals surface area contributed by atoms with Crippen molar-refractivity contribution in [2.24, 2.45) is 0 Å². The quantitative estimate of drug-likeness (QED) is 0.700. The Morgan fingerprint density at radius 1 is 1.12 bits per heavy atom. The Bertz CT molecular complexity index is 616. The average Bonchev–Trinajstić information content (AvgIpc) is 3.34. The molecule has 1 N–H and O–H groups in total. The summed E-state index contributed by atoms with van der Waals surface area (Å²) in [7, 11) is 0. The van der Waals surface area contributed by atoms with Gasteiger partial charge in [0.25, 0.3) is 0 Å². The maximum absolute atomic E-state index is 6.33. The van der Waals surface area contributed by atoms with Crippen LogP contribution in [0.25, 0.3) is 0 Å². The molecule has 4 heteroatoms. The van der Waals surface area contributed by atoms with Gasteiger partial charge in [0.05, 0.1) is 5.60 Å². The molecule has 2 nitrogen and oxygen atoms in total. The fraction of sp³-hybridized carbons (Fsp3) is 0.600. The third-order valence-corrected chi connectivity index (χ3v) is 7.75. The van der Waals surface area contributed by atoms with Crippen LogP contribution in [0.1, 0.15) is 55.4 Å². The Kier molecular flexibility index (Phi) is 5.09. The van der Waals surface area contributed by atoms with E-state index in [-0.39, 0.29) is 5.60 Å².